The molecule has 114 valence electrons. The SMILES string of the molecule is CCOC(=O)c1nn2cc(-c3cnn(C)c3)[nH]c(=O)c2c1C. The maximum atomic E-state index is 12.3. The average molecular weight is 301 g/mol. The third-order valence-electron chi connectivity index (χ3n) is 3.35. The van der Waals surface area contributed by atoms with Crippen LogP contribution >= 0.6 is 0 Å². The number of aryl methyl sites for hydroxylation is 2. The lowest BCUT2D eigenvalue weighted by molar-refractivity contribution is 0.0518. The molecular weight excluding hydrogens is 286 g/mol. The number of carbonyl (C=O) groups excluding carboxylic acids is 1. The van der Waals surface area contributed by atoms with Crippen molar-refractivity contribution in [2.45, 2.75) is 13.8 Å². The summed E-state index contributed by atoms with van der Waals surface area (Å²) in [5.74, 6) is -0.536. The number of nitrogens with zero attached hydrogens (tertiary/aromatic N) is 4. The van der Waals surface area contributed by atoms with Gasteiger partial charge < -0.3 is 9.72 Å². The molecule has 8 heteroatoms. The van der Waals surface area contributed by atoms with E-state index in [2.05, 4.69) is 15.2 Å². The van der Waals surface area contributed by atoms with E-state index < -0.39 is 5.97 Å². The van der Waals surface area contributed by atoms with Gasteiger partial charge in [-0.25, -0.2) is 9.31 Å². The fraction of sp³-hybridized carbons (Fsp3) is 0.286. The van der Waals surface area contributed by atoms with Crippen molar-refractivity contribution < 1.29 is 9.53 Å². The van der Waals surface area contributed by atoms with Gasteiger partial charge in [0.05, 0.1) is 24.7 Å². The zero-order chi connectivity index (χ0) is 15.9. The summed E-state index contributed by atoms with van der Waals surface area (Å²) in [5, 5.41) is 8.25. The highest BCUT2D eigenvalue weighted by atomic mass is 16.5. The maximum absolute atomic E-state index is 12.3. The fourth-order valence-electron chi connectivity index (χ4n) is 2.32. The van der Waals surface area contributed by atoms with Gasteiger partial charge in [0.25, 0.3) is 5.56 Å². The molecule has 0 radical (unpaired) electrons. The quantitative estimate of drug-likeness (QED) is 0.726. The maximum Gasteiger partial charge on any atom is 0.359 e. The van der Waals surface area contributed by atoms with Crippen LogP contribution in [0.15, 0.2) is 23.4 Å². The predicted molar refractivity (Wildman–Crippen MR) is 78.7 cm³/mol. The molecule has 3 heterocycles. The number of aromatic amines is 1. The van der Waals surface area contributed by atoms with Gasteiger partial charge >= 0.3 is 5.97 Å². The second kappa shape index (κ2) is 5.14. The van der Waals surface area contributed by atoms with Crippen molar-refractivity contribution >= 4 is 11.5 Å². The second-order valence-electron chi connectivity index (χ2n) is 4.89. The molecule has 3 aromatic rings. The van der Waals surface area contributed by atoms with Gasteiger partial charge in [-0.15, -0.1) is 0 Å². The van der Waals surface area contributed by atoms with E-state index >= 15 is 0 Å². The van der Waals surface area contributed by atoms with Gasteiger partial charge in [0.15, 0.2) is 5.69 Å². The van der Waals surface area contributed by atoms with Crippen LogP contribution in [-0.2, 0) is 11.8 Å². The summed E-state index contributed by atoms with van der Waals surface area (Å²) in [7, 11) is 1.79. The van der Waals surface area contributed by atoms with Crippen LogP contribution in [0.1, 0.15) is 23.0 Å². The summed E-state index contributed by atoms with van der Waals surface area (Å²) in [6, 6.07) is 0. The minimum absolute atomic E-state index is 0.149. The van der Waals surface area contributed by atoms with Crippen molar-refractivity contribution in [1.29, 1.82) is 0 Å². The molecule has 0 spiro atoms. The molecule has 0 saturated carbocycles. The lowest BCUT2D eigenvalue weighted by Gasteiger charge is -1.99. The topological polar surface area (TPSA) is 94.3 Å². The normalized spacial score (nSPS) is 11.0. The summed E-state index contributed by atoms with van der Waals surface area (Å²) in [5.41, 5.74) is 1.99. The van der Waals surface area contributed by atoms with Crippen LogP contribution in [-0.4, -0.2) is 37.0 Å². The Bertz CT molecular complexity index is 918. The predicted octanol–water partition coefficient (Wildman–Crippen LogP) is 0.908. The van der Waals surface area contributed by atoms with Crippen molar-refractivity contribution in [1.82, 2.24) is 24.4 Å². The molecule has 0 aliphatic rings. The van der Waals surface area contributed by atoms with Crippen molar-refractivity contribution in [3.63, 3.8) is 0 Å². The van der Waals surface area contributed by atoms with Crippen molar-refractivity contribution in [2.75, 3.05) is 6.61 Å². The smallest absolute Gasteiger partial charge is 0.359 e. The molecule has 3 aromatic heterocycles. The Morgan fingerprint density at radius 2 is 2.18 bits per heavy atom. The van der Waals surface area contributed by atoms with Gasteiger partial charge in [0, 0.05) is 24.4 Å². The third kappa shape index (κ3) is 2.18. The number of nitrogens with one attached hydrogen (secondary N) is 1. The van der Waals surface area contributed by atoms with E-state index in [1.807, 2.05) is 0 Å². The molecule has 3 rings (SSSR count). The summed E-state index contributed by atoms with van der Waals surface area (Å²) < 4.78 is 8.00. The average Bonchev–Trinajstić information content (AvgIpc) is 3.03. The van der Waals surface area contributed by atoms with E-state index in [0.29, 0.717) is 16.8 Å². The van der Waals surface area contributed by atoms with Crippen LogP contribution in [0, 0.1) is 6.92 Å². The lowest BCUT2D eigenvalue weighted by Crippen LogP contribution is -2.11. The first-order valence-electron chi connectivity index (χ1n) is 6.79. The van der Waals surface area contributed by atoms with Crippen LogP contribution in [0.5, 0.6) is 0 Å². The summed E-state index contributed by atoms with van der Waals surface area (Å²) >= 11 is 0. The summed E-state index contributed by atoms with van der Waals surface area (Å²) in [4.78, 5) is 27.0. The van der Waals surface area contributed by atoms with Gasteiger partial charge in [-0.2, -0.15) is 10.2 Å². The van der Waals surface area contributed by atoms with Gasteiger partial charge in [-0.1, -0.05) is 0 Å². The summed E-state index contributed by atoms with van der Waals surface area (Å²) in [6.07, 6.45) is 5.07. The number of hydrogen-bond acceptors (Lipinski definition) is 5. The first-order chi connectivity index (χ1) is 10.5. The van der Waals surface area contributed by atoms with Gasteiger partial charge in [0.1, 0.15) is 5.52 Å². The van der Waals surface area contributed by atoms with E-state index in [0.717, 1.165) is 5.56 Å². The van der Waals surface area contributed by atoms with Crippen LogP contribution in [0.25, 0.3) is 16.8 Å². The number of ether oxygens (including phenoxy) is 1. The molecule has 0 bridgehead atoms. The number of carbonyl (C=O) groups is 1. The Labute approximate surface area is 125 Å². The van der Waals surface area contributed by atoms with Crippen LogP contribution in [0.4, 0.5) is 0 Å². The Kier molecular flexibility index (Phi) is 3.28. The van der Waals surface area contributed by atoms with Crippen molar-refractivity contribution in [2.24, 2.45) is 7.05 Å². The van der Waals surface area contributed by atoms with E-state index in [4.69, 9.17) is 4.74 Å². The Balaban J connectivity index is 2.19. The van der Waals surface area contributed by atoms with Crippen LogP contribution in [0.3, 0.4) is 0 Å². The molecule has 1 N–H and O–H groups in total. The zero-order valence-electron chi connectivity index (χ0n) is 12.5. The minimum Gasteiger partial charge on any atom is -0.461 e. The van der Waals surface area contributed by atoms with E-state index in [1.165, 1.54) is 4.52 Å². The largest absolute Gasteiger partial charge is 0.461 e. The molecule has 0 amide bonds. The molecule has 0 saturated heterocycles. The molecule has 0 atom stereocenters. The molecule has 0 unspecified atom stereocenters. The number of hydrogen-bond donors (Lipinski definition) is 1. The zero-order valence-corrected chi connectivity index (χ0v) is 12.5. The highest BCUT2D eigenvalue weighted by Crippen LogP contribution is 2.17. The first-order valence-corrected chi connectivity index (χ1v) is 6.79. The van der Waals surface area contributed by atoms with E-state index in [1.54, 1.807) is 44.2 Å². The molecule has 0 fully saturated rings. The number of esters is 1. The lowest BCUT2D eigenvalue weighted by atomic mass is 10.2. The summed E-state index contributed by atoms with van der Waals surface area (Å²) in [6.45, 7) is 3.65. The van der Waals surface area contributed by atoms with E-state index in [9.17, 15) is 9.59 Å². The molecule has 0 aromatic carbocycles. The molecular formula is C14H15N5O3. The van der Waals surface area contributed by atoms with Gasteiger partial charge in [-0.05, 0) is 13.8 Å². The van der Waals surface area contributed by atoms with Crippen LogP contribution < -0.4 is 5.56 Å². The third-order valence-corrected chi connectivity index (χ3v) is 3.35. The molecule has 8 nitrogen and oxygen atoms in total. The van der Waals surface area contributed by atoms with Gasteiger partial charge in [-0.3, -0.25) is 9.48 Å². The highest BCUT2D eigenvalue weighted by Gasteiger charge is 2.20. The first kappa shape index (κ1) is 14.1. The highest BCUT2D eigenvalue weighted by molar-refractivity contribution is 5.91. The second-order valence-corrected chi connectivity index (χ2v) is 4.89. The Morgan fingerprint density at radius 1 is 1.41 bits per heavy atom. The number of fused-ring (bicyclic) bond motifs is 1. The van der Waals surface area contributed by atoms with Gasteiger partial charge in [0.2, 0.25) is 0 Å². The number of H-pyrrole nitrogens is 1. The monoisotopic (exact) mass is 301 g/mol. The van der Waals surface area contributed by atoms with Crippen molar-refractivity contribution in [3.05, 3.63) is 40.2 Å². The van der Waals surface area contributed by atoms with Crippen LogP contribution in [0.2, 0.25) is 0 Å². The number of rotatable bonds is 3. The molecule has 0 aliphatic carbocycles. The van der Waals surface area contributed by atoms with E-state index in [-0.39, 0.29) is 17.9 Å². The molecule has 22 heavy (non-hydrogen) atoms. The minimum atomic E-state index is -0.536. The Morgan fingerprint density at radius 3 is 2.82 bits per heavy atom. The van der Waals surface area contributed by atoms with Crippen molar-refractivity contribution in [3.8, 4) is 11.3 Å². The number of aromatic nitrogens is 5. The Hall–Kier alpha value is -2.90. The molecule has 0 aliphatic heterocycles. The fourth-order valence-corrected chi connectivity index (χ4v) is 2.32. The standard InChI is InChI=1S/C14H15N5O3/c1-4-22-14(21)11-8(2)12-13(20)16-10(7-19(12)17-11)9-5-15-18(3)6-9/h5-7H,4H2,1-3H3,(H,16,20).